The third kappa shape index (κ3) is 6.96. The molecule has 1 amide bonds. The number of hydrogen-bond donors (Lipinski definition) is 1. The molecule has 0 saturated heterocycles. The van der Waals surface area contributed by atoms with Crippen LogP contribution in [0.4, 0.5) is 0 Å². The molecule has 0 fully saturated rings. The van der Waals surface area contributed by atoms with Crippen molar-refractivity contribution < 1.29 is 9.53 Å². The van der Waals surface area contributed by atoms with E-state index in [-0.39, 0.29) is 11.9 Å². The fourth-order valence-electron chi connectivity index (χ4n) is 1.80. The molecule has 1 aromatic rings. The predicted molar refractivity (Wildman–Crippen MR) is 89.3 cm³/mol. The fraction of sp³-hybridized carbons (Fsp3) is 0.562. The van der Waals surface area contributed by atoms with E-state index in [0.29, 0.717) is 25.5 Å². The predicted octanol–water partition coefficient (Wildman–Crippen LogP) is 3.05. The second-order valence-electron chi connectivity index (χ2n) is 5.57. The van der Waals surface area contributed by atoms with Crippen molar-refractivity contribution in [3.8, 4) is 5.75 Å². The smallest absolute Gasteiger partial charge is 0.225 e. The molecule has 0 aliphatic heterocycles. The molecule has 0 spiro atoms. The number of ether oxygens (including phenoxy) is 1. The maximum absolute atomic E-state index is 12.0. The Hall–Kier alpha value is -1.07. The number of carbonyl (C=O) groups is 1. The second-order valence-corrected chi connectivity index (χ2v) is 6.48. The summed E-state index contributed by atoms with van der Waals surface area (Å²) < 4.78 is 6.53. The summed E-state index contributed by atoms with van der Waals surface area (Å²) in [5.74, 6) is 1.29. The van der Waals surface area contributed by atoms with Crippen molar-refractivity contribution in [2.75, 3.05) is 20.2 Å². The molecule has 0 saturated carbocycles. The third-order valence-corrected chi connectivity index (χ3v) is 3.95. The van der Waals surface area contributed by atoms with Crippen molar-refractivity contribution in [2.24, 2.45) is 11.7 Å². The lowest BCUT2D eigenvalue weighted by molar-refractivity contribution is -0.130. The van der Waals surface area contributed by atoms with Gasteiger partial charge in [-0.25, -0.2) is 0 Å². The van der Waals surface area contributed by atoms with E-state index >= 15 is 0 Å². The average Bonchev–Trinajstić information content (AvgIpc) is 2.44. The van der Waals surface area contributed by atoms with Gasteiger partial charge in [-0.05, 0) is 30.5 Å². The molecule has 0 radical (unpaired) electrons. The van der Waals surface area contributed by atoms with Crippen molar-refractivity contribution in [1.29, 1.82) is 0 Å². The van der Waals surface area contributed by atoms with Crippen LogP contribution in [0.1, 0.15) is 26.7 Å². The van der Waals surface area contributed by atoms with Crippen LogP contribution < -0.4 is 10.5 Å². The summed E-state index contributed by atoms with van der Waals surface area (Å²) in [6.07, 6.45) is 1.20. The first-order valence-corrected chi connectivity index (χ1v) is 8.07. The van der Waals surface area contributed by atoms with Gasteiger partial charge in [0.25, 0.3) is 0 Å². The summed E-state index contributed by atoms with van der Waals surface area (Å²) in [6, 6.07) is 7.74. The Morgan fingerprint density at radius 1 is 1.43 bits per heavy atom. The minimum Gasteiger partial charge on any atom is -0.493 e. The van der Waals surface area contributed by atoms with Crippen molar-refractivity contribution in [1.82, 2.24) is 4.90 Å². The van der Waals surface area contributed by atoms with Crippen molar-refractivity contribution in [3.63, 3.8) is 0 Å². The third-order valence-electron chi connectivity index (χ3n) is 3.46. The van der Waals surface area contributed by atoms with E-state index in [9.17, 15) is 4.79 Å². The van der Waals surface area contributed by atoms with E-state index in [4.69, 9.17) is 10.5 Å². The van der Waals surface area contributed by atoms with Gasteiger partial charge in [0.15, 0.2) is 0 Å². The lowest BCUT2D eigenvalue weighted by Gasteiger charge is -2.21. The first-order valence-electron chi connectivity index (χ1n) is 7.28. The van der Waals surface area contributed by atoms with Gasteiger partial charge in [0.2, 0.25) is 5.91 Å². The zero-order chi connectivity index (χ0) is 15.8. The molecular weight excluding hydrogens is 332 g/mol. The van der Waals surface area contributed by atoms with Crippen LogP contribution in [0.25, 0.3) is 0 Å². The number of nitrogens with zero attached hydrogens (tertiary/aromatic N) is 1. The quantitative estimate of drug-likeness (QED) is 0.778. The van der Waals surface area contributed by atoms with Crippen LogP contribution in [0.15, 0.2) is 28.7 Å². The highest BCUT2D eigenvalue weighted by atomic mass is 79.9. The zero-order valence-electron chi connectivity index (χ0n) is 13.0. The highest BCUT2D eigenvalue weighted by Crippen LogP contribution is 2.17. The Morgan fingerprint density at radius 2 is 2.14 bits per heavy atom. The highest BCUT2D eigenvalue weighted by Gasteiger charge is 2.12. The Morgan fingerprint density at radius 3 is 2.76 bits per heavy atom. The van der Waals surface area contributed by atoms with E-state index in [1.54, 1.807) is 4.90 Å². The molecule has 0 aliphatic rings. The number of rotatable bonds is 8. The molecule has 0 bridgehead atoms. The lowest BCUT2D eigenvalue weighted by atomic mass is 10.0. The molecule has 5 heteroatoms. The highest BCUT2D eigenvalue weighted by molar-refractivity contribution is 9.10. The van der Waals surface area contributed by atoms with E-state index in [2.05, 4.69) is 29.8 Å². The number of benzene rings is 1. The normalized spacial score (nSPS) is 12.3. The molecular formula is C16H25BrN2O2. The van der Waals surface area contributed by atoms with Crippen molar-refractivity contribution in [3.05, 3.63) is 28.7 Å². The summed E-state index contributed by atoms with van der Waals surface area (Å²) >= 11 is 3.38. The zero-order valence-corrected chi connectivity index (χ0v) is 14.6. The molecule has 4 nitrogen and oxygen atoms in total. The van der Waals surface area contributed by atoms with Gasteiger partial charge in [-0.1, -0.05) is 35.8 Å². The number of hydrogen-bond acceptors (Lipinski definition) is 3. The minimum absolute atomic E-state index is 0.0842. The van der Waals surface area contributed by atoms with Crippen LogP contribution in [-0.4, -0.2) is 37.0 Å². The molecule has 1 rings (SSSR count). The average molecular weight is 357 g/mol. The summed E-state index contributed by atoms with van der Waals surface area (Å²) in [4.78, 5) is 13.7. The summed E-state index contributed by atoms with van der Waals surface area (Å²) in [5.41, 5.74) is 5.99. The molecule has 0 aliphatic carbocycles. The standard InChI is InChI=1S/C16H25BrN2O2/c1-12(2)15(18)7-9-19(3)16(20)8-10-21-14-6-4-5-13(17)11-14/h4-6,11-12,15H,7-10,18H2,1-3H3. The van der Waals surface area contributed by atoms with Gasteiger partial charge in [-0.3, -0.25) is 4.79 Å². The van der Waals surface area contributed by atoms with Gasteiger partial charge in [-0.2, -0.15) is 0 Å². The van der Waals surface area contributed by atoms with E-state index in [0.717, 1.165) is 16.6 Å². The van der Waals surface area contributed by atoms with E-state index < -0.39 is 0 Å². The van der Waals surface area contributed by atoms with Crippen LogP contribution in [-0.2, 0) is 4.79 Å². The van der Waals surface area contributed by atoms with Gasteiger partial charge < -0.3 is 15.4 Å². The fourth-order valence-corrected chi connectivity index (χ4v) is 2.18. The molecule has 0 aromatic heterocycles. The molecule has 1 aromatic carbocycles. The van der Waals surface area contributed by atoms with Crippen LogP contribution in [0.2, 0.25) is 0 Å². The molecule has 0 heterocycles. The molecule has 1 atom stereocenters. The lowest BCUT2D eigenvalue weighted by Crippen LogP contribution is -2.35. The minimum atomic E-state index is 0.0842. The SMILES string of the molecule is CC(C)C(N)CCN(C)C(=O)CCOc1cccc(Br)c1. The Bertz CT molecular complexity index is 452. The van der Waals surface area contributed by atoms with Crippen LogP contribution in [0, 0.1) is 5.92 Å². The molecule has 21 heavy (non-hydrogen) atoms. The summed E-state index contributed by atoms with van der Waals surface area (Å²) in [5, 5.41) is 0. The van der Waals surface area contributed by atoms with Crippen LogP contribution >= 0.6 is 15.9 Å². The number of carbonyl (C=O) groups excluding carboxylic acids is 1. The van der Waals surface area contributed by atoms with E-state index in [1.165, 1.54) is 0 Å². The monoisotopic (exact) mass is 356 g/mol. The molecule has 2 N–H and O–H groups in total. The number of halogens is 1. The maximum atomic E-state index is 12.0. The Labute approximate surface area is 135 Å². The largest absolute Gasteiger partial charge is 0.493 e. The Kier molecular flexibility index (Phi) is 7.75. The van der Waals surface area contributed by atoms with Crippen molar-refractivity contribution >= 4 is 21.8 Å². The second kappa shape index (κ2) is 9.05. The number of nitrogens with two attached hydrogens (primary N) is 1. The topological polar surface area (TPSA) is 55.6 Å². The van der Waals surface area contributed by atoms with Gasteiger partial charge in [0, 0.05) is 24.1 Å². The Balaban J connectivity index is 2.26. The first-order chi connectivity index (χ1) is 9.90. The summed E-state index contributed by atoms with van der Waals surface area (Å²) in [6.45, 7) is 5.27. The number of amides is 1. The van der Waals surface area contributed by atoms with Crippen LogP contribution in [0.3, 0.4) is 0 Å². The maximum Gasteiger partial charge on any atom is 0.225 e. The van der Waals surface area contributed by atoms with Gasteiger partial charge in [0.05, 0.1) is 13.0 Å². The summed E-state index contributed by atoms with van der Waals surface area (Å²) in [7, 11) is 1.81. The van der Waals surface area contributed by atoms with Gasteiger partial charge >= 0.3 is 0 Å². The van der Waals surface area contributed by atoms with E-state index in [1.807, 2.05) is 31.3 Å². The first kappa shape index (κ1) is 18.0. The van der Waals surface area contributed by atoms with Gasteiger partial charge in [0.1, 0.15) is 5.75 Å². The molecule has 118 valence electrons. The van der Waals surface area contributed by atoms with Gasteiger partial charge in [-0.15, -0.1) is 0 Å². The molecule has 1 unspecified atom stereocenters. The van der Waals surface area contributed by atoms with Crippen molar-refractivity contribution in [2.45, 2.75) is 32.7 Å². The van der Waals surface area contributed by atoms with Crippen LogP contribution in [0.5, 0.6) is 5.75 Å².